The van der Waals surface area contributed by atoms with Gasteiger partial charge in [-0.3, -0.25) is 9.78 Å². The molecule has 4 heterocycles. The lowest BCUT2D eigenvalue weighted by molar-refractivity contribution is -0.147. The largest absolute Gasteiger partial charge is 0.487 e. The van der Waals surface area contributed by atoms with Gasteiger partial charge >= 0.3 is 5.97 Å². The third-order valence-corrected chi connectivity index (χ3v) is 7.12. The van der Waals surface area contributed by atoms with E-state index in [1.54, 1.807) is 23.6 Å². The number of thiophene rings is 1. The van der Waals surface area contributed by atoms with Gasteiger partial charge in [0.25, 0.3) is 0 Å². The maximum Gasteiger partial charge on any atom is 0.332 e. The highest BCUT2D eigenvalue weighted by atomic mass is 32.1. The van der Waals surface area contributed by atoms with Crippen LogP contribution in [0.1, 0.15) is 12.8 Å². The minimum atomic E-state index is -1.000. The smallest absolute Gasteiger partial charge is 0.332 e. The molecule has 2 fully saturated rings. The summed E-state index contributed by atoms with van der Waals surface area (Å²) in [5, 5.41) is 8.08. The van der Waals surface area contributed by atoms with Crippen molar-refractivity contribution in [1.29, 1.82) is 0 Å². The van der Waals surface area contributed by atoms with Crippen LogP contribution in [0, 0.1) is 5.92 Å². The zero-order valence-corrected chi connectivity index (χ0v) is 18.9. The van der Waals surface area contributed by atoms with Gasteiger partial charge in [0.1, 0.15) is 17.4 Å². The normalized spacial score (nSPS) is 26.0. The minimum absolute atomic E-state index is 0.115. The molecule has 33 heavy (non-hydrogen) atoms. The Bertz CT molecular complexity index is 1210. The fourth-order valence-electron chi connectivity index (χ4n) is 4.32. The predicted octanol–water partition coefficient (Wildman–Crippen LogP) is 2.70. The molecule has 2 N–H and O–H groups in total. The van der Waals surface area contributed by atoms with Crippen molar-refractivity contribution in [2.75, 3.05) is 13.7 Å². The van der Waals surface area contributed by atoms with E-state index in [0.29, 0.717) is 19.4 Å². The number of aromatic nitrogens is 2. The molecule has 1 saturated carbocycles. The molecule has 3 aromatic rings. The summed E-state index contributed by atoms with van der Waals surface area (Å²) in [6.07, 6.45) is 4.20. The summed E-state index contributed by atoms with van der Waals surface area (Å²) in [5.74, 6) is -0.0637. The van der Waals surface area contributed by atoms with Crippen molar-refractivity contribution in [3.8, 4) is 17.1 Å². The number of pyridine rings is 2. The molecule has 0 radical (unpaired) electrons. The fourth-order valence-corrected chi connectivity index (χ4v) is 5.11. The van der Waals surface area contributed by atoms with Crippen molar-refractivity contribution < 1.29 is 19.1 Å². The van der Waals surface area contributed by atoms with Gasteiger partial charge in [0.05, 0.1) is 34.8 Å². The second-order valence-electron chi connectivity index (χ2n) is 8.29. The molecule has 1 amide bonds. The molecule has 3 aromatic heterocycles. The number of methoxy groups -OCH3 is 1. The third kappa shape index (κ3) is 3.98. The molecule has 1 saturated heterocycles. The number of hydrogen-bond donors (Lipinski definition) is 2. The van der Waals surface area contributed by atoms with Crippen LogP contribution < -0.4 is 15.4 Å². The summed E-state index contributed by atoms with van der Waals surface area (Å²) in [4.78, 5) is 34.2. The van der Waals surface area contributed by atoms with E-state index in [-0.39, 0.29) is 17.9 Å². The number of rotatable bonds is 7. The molecule has 2 aliphatic rings. The van der Waals surface area contributed by atoms with Crippen LogP contribution in [0.2, 0.25) is 0 Å². The Morgan fingerprint density at radius 2 is 2.21 bits per heavy atom. The topological polar surface area (TPSA) is 102 Å². The molecule has 0 unspecified atom stereocenters. The zero-order chi connectivity index (χ0) is 23.0. The number of hydrogen-bond acceptors (Lipinski definition) is 8. The van der Waals surface area contributed by atoms with E-state index < -0.39 is 17.6 Å². The molecule has 1 aliphatic carbocycles. The van der Waals surface area contributed by atoms with Crippen molar-refractivity contribution in [2.24, 2.45) is 5.92 Å². The number of nitrogens with one attached hydrogen (secondary N) is 2. The monoisotopic (exact) mass is 464 g/mol. The van der Waals surface area contributed by atoms with Crippen LogP contribution in [0.15, 0.2) is 54.6 Å². The quantitative estimate of drug-likeness (QED) is 0.409. The van der Waals surface area contributed by atoms with E-state index in [1.165, 1.54) is 7.11 Å². The van der Waals surface area contributed by atoms with Crippen LogP contribution in [0.4, 0.5) is 0 Å². The first kappa shape index (κ1) is 21.5. The van der Waals surface area contributed by atoms with E-state index in [0.717, 1.165) is 27.4 Å². The van der Waals surface area contributed by atoms with Gasteiger partial charge in [-0.2, -0.15) is 0 Å². The minimum Gasteiger partial charge on any atom is -0.487 e. The van der Waals surface area contributed by atoms with Crippen LogP contribution in [0.25, 0.3) is 21.6 Å². The SMILES string of the molecule is C=C[C@@H]1C[C@]1(NC(=O)[C@@H]1C[C@@H](Oc2cc(-c3ccccn3)nc3ccsc23)CN1)C(=O)OC. The van der Waals surface area contributed by atoms with Crippen LogP contribution in [0.3, 0.4) is 0 Å². The molecule has 1 aliphatic heterocycles. The predicted molar refractivity (Wildman–Crippen MR) is 125 cm³/mol. The lowest BCUT2D eigenvalue weighted by Gasteiger charge is -2.19. The molecule has 4 atom stereocenters. The summed E-state index contributed by atoms with van der Waals surface area (Å²) in [6, 6.07) is 9.10. The summed E-state index contributed by atoms with van der Waals surface area (Å²) >= 11 is 1.56. The van der Waals surface area contributed by atoms with E-state index >= 15 is 0 Å². The van der Waals surface area contributed by atoms with Gasteiger partial charge < -0.3 is 20.1 Å². The number of amides is 1. The van der Waals surface area contributed by atoms with E-state index in [2.05, 4.69) is 22.2 Å². The van der Waals surface area contributed by atoms with Crippen molar-refractivity contribution in [3.05, 3.63) is 54.6 Å². The summed E-state index contributed by atoms with van der Waals surface area (Å²) in [7, 11) is 1.33. The number of fused-ring (bicyclic) bond motifs is 1. The summed E-state index contributed by atoms with van der Waals surface area (Å²) in [5.41, 5.74) is 1.36. The Kier molecular flexibility index (Phi) is 5.59. The van der Waals surface area contributed by atoms with E-state index in [1.807, 2.05) is 35.7 Å². The number of ether oxygens (including phenoxy) is 2. The lowest BCUT2D eigenvalue weighted by Crippen LogP contribution is -2.51. The van der Waals surface area contributed by atoms with Gasteiger partial charge in [0.2, 0.25) is 5.91 Å². The summed E-state index contributed by atoms with van der Waals surface area (Å²) in [6.45, 7) is 4.26. The third-order valence-electron chi connectivity index (χ3n) is 6.20. The van der Waals surface area contributed by atoms with E-state index in [9.17, 15) is 9.59 Å². The zero-order valence-electron chi connectivity index (χ0n) is 18.1. The Morgan fingerprint density at radius 3 is 2.94 bits per heavy atom. The molecule has 9 heteroatoms. The Labute approximate surface area is 195 Å². The van der Waals surface area contributed by atoms with Crippen LogP contribution in [0.5, 0.6) is 5.75 Å². The second kappa shape index (κ2) is 8.57. The number of carbonyl (C=O) groups excluding carboxylic acids is 2. The van der Waals surface area contributed by atoms with Crippen molar-refractivity contribution in [2.45, 2.75) is 30.5 Å². The van der Waals surface area contributed by atoms with Crippen molar-refractivity contribution in [1.82, 2.24) is 20.6 Å². The molecular weight excluding hydrogens is 440 g/mol. The van der Waals surface area contributed by atoms with Crippen LogP contribution in [-0.2, 0) is 14.3 Å². The van der Waals surface area contributed by atoms with E-state index in [4.69, 9.17) is 14.5 Å². The van der Waals surface area contributed by atoms with Gasteiger partial charge in [0, 0.05) is 31.1 Å². The van der Waals surface area contributed by atoms with Gasteiger partial charge in [-0.15, -0.1) is 17.9 Å². The van der Waals surface area contributed by atoms with Crippen LogP contribution in [-0.4, -0.2) is 53.2 Å². The Balaban J connectivity index is 1.30. The lowest BCUT2D eigenvalue weighted by atomic mass is 10.1. The first-order valence-corrected chi connectivity index (χ1v) is 11.6. The molecule has 0 aromatic carbocycles. The first-order valence-electron chi connectivity index (χ1n) is 10.8. The molecule has 8 nitrogen and oxygen atoms in total. The molecule has 170 valence electrons. The second-order valence-corrected chi connectivity index (χ2v) is 9.21. The van der Waals surface area contributed by atoms with Crippen molar-refractivity contribution in [3.63, 3.8) is 0 Å². The maximum atomic E-state index is 12.9. The number of nitrogens with zero attached hydrogens (tertiary/aromatic N) is 2. The fraction of sp³-hybridized carbons (Fsp3) is 0.333. The van der Waals surface area contributed by atoms with Gasteiger partial charge in [-0.25, -0.2) is 9.78 Å². The van der Waals surface area contributed by atoms with Gasteiger partial charge in [-0.05, 0) is 30.0 Å². The van der Waals surface area contributed by atoms with Gasteiger partial charge in [-0.1, -0.05) is 12.1 Å². The standard InChI is InChI=1S/C24H24N4O4S/c1-3-14-12-24(14,23(30)31-2)28-22(29)19-10-15(13-26-19)32-20-11-18(16-6-4-5-8-25-16)27-17-7-9-33-21(17)20/h3-9,11,14-15,19,26H,1,10,12-13H2,2H3,(H,28,29)/t14-,15-,19+,24-/m1/s1. The maximum absolute atomic E-state index is 12.9. The molecule has 0 spiro atoms. The highest BCUT2D eigenvalue weighted by molar-refractivity contribution is 7.17. The molecule has 0 bridgehead atoms. The highest BCUT2D eigenvalue weighted by Crippen LogP contribution is 2.45. The first-order chi connectivity index (χ1) is 16.0. The average Bonchev–Trinajstić information content (AvgIpc) is 3.17. The Hall–Kier alpha value is -3.30. The highest BCUT2D eigenvalue weighted by Gasteiger charge is 2.61. The molecule has 5 rings (SSSR count). The number of carbonyl (C=O) groups is 2. The Morgan fingerprint density at radius 1 is 1.33 bits per heavy atom. The van der Waals surface area contributed by atoms with Crippen molar-refractivity contribution >= 4 is 33.4 Å². The average molecular weight is 465 g/mol. The molecular formula is C24H24N4O4S. The van der Waals surface area contributed by atoms with Gasteiger partial charge in [0.15, 0.2) is 0 Å². The number of esters is 1. The summed E-state index contributed by atoms with van der Waals surface area (Å²) < 4.78 is 12.2. The van der Waals surface area contributed by atoms with Crippen LogP contribution >= 0.6 is 11.3 Å².